The Morgan fingerprint density at radius 2 is 1.79 bits per heavy atom. The number of aromatic nitrogens is 4. The van der Waals surface area contributed by atoms with Crippen LogP contribution < -0.4 is 10.2 Å². The Morgan fingerprint density at radius 1 is 1.09 bits per heavy atom. The predicted molar refractivity (Wildman–Crippen MR) is 123 cm³/mol. The van der Waals surface area contributed by atoms with Gasteiger partial charge in [-0.3, -0.25) is 19.3 Å². The third kappa shape index (κ3) is 3.92. The summed E-state index contributed by atoms with van der Waals surface area (Å²) in [6, 6.07) is 6.58. The van der Waals surface area contributed by atoms with Gasteiger partial charge in [0.05, 0.1) is 29.3 Å². The van der Waals surface area contributed by atoms with E-state index in [-0.39, 0.29) is 13.1 Å². The van der Waals surface area contributed by atoms with Crippen molar-refractivity contribution < 1.29 is 14.4 Å². The number of imide groups is 1. The average molecular weight is 466 g/mol. The molecule has 1 aromatic carbocycles. The number of rotatable bonds is 7. The summed E-state index contributed by atoms with van der Waals surface area (Å²) in [5, 5.41) is 8.81. The lowest BCUT2D eigenvalue weighted by Gasteiger charge is -2.17. The van der Waals surface area contributed by atoms with Crippen molar-refractivity contribution in [3.8, 4) is 0 Å². The second-order valence-electron chi connectivity index (χ2n) is 7.93. The lowest BCUT2D eigenvalue weighted by Crippen LogP contribution is -2.41. The number of benzene rings is 1. The molecule has 0 radical (unpaired) electrons. The molecule has 0 unspecified atom stereocenters. The molecule has 0 saturated carbocycles. The smallest absolute Gasteiger partial charge is 0.262 e. The molecule has 5 rings (SSSR count). The van der Waals surface area contributed by atoms with Crippen LogP contribution in [0.5, 0.6) is 0 Å². The molecule has 1 saturated heterocycles. The number of carbonyl (C=O) groups excluding carboxylic acids is 3. The zero-order valence-electron chi connectivity index (χ0n) is 18.2. The quantitative estimate of drug-likeness (QED) is 0.318. The molecule has 3 amide bonds. The summed E-state index contributed by atoms with van der Waals surface area (Å²) in [5.41, 5.74) is 1.39. The van der Waals surface area contributed by atoms with Gasteiger partial charge in [0.2, 0.25) is 5.91 Å². The van der Waals surface area contributed by atoms with Gasteiger partial charge in [-0.25, -0.2) is 14.6 Å². The van der Waals surface area contributed by atoms with E-state index in [1.54, 1.807) is 35.1 Å². The number of thioether (sulfide) groups is 1. The minimum Gasteiger partial charge on any atom is -0.356 e. The minimum atomic E-state index is -0.445. The van der Waals surface area contributed by atoms with E-state index in [2.05, 4.69) is 20.3 Å². The van der Waals surface area contributed by atoms with Crippen LogP contribution in [0, 0.1) is 0 Å². The van der Waals surface area contributed by atoms with Crippen molar-refractivity contribution in [2.45, 2.75) is 24.5 Å². The van der Waals surface area contributed by atoms with Crippen LogP contribution in [0.4, 0.5) is 5.82 Å². The minimum absolute atomic E-state index is 0.288. The number of nitrogens with one attached hydrogen (secondary N) is 1. The number of nitrogens with zero attached hydrogens (tertiary/aromatic N) is 6. The maximum atomic E-state index is 12.4. The van der Waals surface area contributed by atoms with Gasteiger partial charge in [-0.2, -0.15) is 5.10 Å². The van der Waals surface area contributed by atoms with Gasteiger partial charge in [-0.15, -0.1) is 0 Å². The number of anilines is 1. The number of hydrogen-bond donors (Lipinski definition) is 1. The highest BCUT2D eigenvalue weighted by Gasteiger charge is 2.36. The summed E-state index contributed by atoms with van der Waals surface area (Å²) in [5.74, 6) is -0.389. The van der Waals surface area contributed by atoms with Crippen molar-refractivity contribution in [1.29, 1.82) is 0 Å². The monoisotopic (exact) mass is 465 g/mol. The van der Waals surface area contributed by atoms with Crippen LogP contribution in [0.3, 0.4) is 0 Å². The molecule has 4 heterocycles. The number of fused-ring (bicyclic) bond motifs is 2. The molecular formula is C22H23N7O3S. The van der Waals surface area contributed by atoms with E-state index in [0.29, 0.717) is 22.8 Å². The fourth-order valence-corrected chi connectivity index (χ4v) is 4.58. The summed E-state index contributed by atoms with van der Waals surface area (Å²) in [6.07, 6.45) is 6.00. The van der Waals surface area contributed by atoms with E-state index in [0.717, 1.165) is 47.7 Å². The van der Waals surface area contributed by atoms with Gasteiger partial charge in [-0.1, -0.05) is 23.9 Å². The van der Waals surface area contributed by atoms with Crippen molar-refractivity contribution in [2.24, 2.45) is 0 Å². The highest BCUT2D eigenvalue weighted by molar-refractivity contribution is 7.98. The van der Waals surface area contributed by atoms with Gasteiger partial charge in [0.1, 0.15) is 12.4 Å². The third-order valence-electron chi connectivity index (χ3n) is 5.87. The Labute approximate surface area is 194 Å². The molecule has 2 aliphatic heterocycles. The van der Waals surface area contributed by atoms with Crippen molar-refractivity contribution in [1.82, 2.24) is 30.0 Å². The van der Waals surface area contributed by atoms with E-state index >= 15 is 0 Å². The summed E-state index contributed by atoms with van der Waals surface area (Å²) >= 11 is 1.48. The van der Waals surface area contributed by atoms with E-state index in [1.807, 2.05) is 6.26 Å². The number of carbonyl (C=O) groups is 3. The molecule has 170 valence electrons. The average Bonchev–Trinajstić information content (AvgIpc) is 3.56. The second-order valence-corrected chi connectivity index (χ2v) is 8.70. The Balaban J connectivity index is 1.24. The molecule has 0 spiro atoms. The molecule has 0 atom stereocenters. The van der Waals surface area contributed by atoms with E-state index in [9.17, 15) is 14.4 Å². The van der Waals surface area contributed by atoms with Gasteiger partial charge < -0.3 is 10.2 Å². The normalized spacial score (nSPS) is 15.5. The van der Waals surface area contributed by atoms with Crippen LogP contribution in [-0.2, 0) is 11.3 Å². The Morgan fingerprint density at radius 3 is 2.45 bits per heavy atom. The highest BCUT2D eigenvalue weighted by atomic mass is 32.2. The first-order valence-electron chi connectivity index (χ1n) is 10.8. The molecule has 0 bridgehead atoms. The second kappa shape index (κ2) is 8.81. The van der Waals surface area contributed by atoms with E-state index in [4.69, 9.17) is 4.98 Å². The van der Waals surface area contributed by atoms with Gasteiger partial charge in [0, 0.05) is 19.6 Å². The van der Waals surface area contributed by atoms with Crippen molar-refractivity contribution >= 4 is 46.3 Å². The summed E-state index contributed by atoms with van der Waals surface area (Å²) in [6.45, 7) is 2.32. The predicted octanol–water partition coefficient (Wildman–Crippen LogP) is 1.56. The summed E-state index contributed by atoms with van der Waals surface area (Å²) in [4.78, 5) is 49.9. The molecular weight excluding hydrogens is 442 g/mol. The molecule has 2 aliphatic rings. The Bertz CT molecular complexity index is 1220. The fraction of sp³-hybridized carbons (Fsp3) is 0.364. The van der Waals surface area contributed by atoms with Crippen molar-refractivity contribution in [3.05, 3.63) is 41.6 Å². The lowest BCUT2D eigenvalue weighted by atomic mass is 10.1. The maximum Gasteiger partial charge on any atom is 0.262 e. The standard InChI is InChI=1S/C22H23N7O3S/c1-33-22-25-18(27-9-4-5-10-27)16-12-24-29(19(16)26-22)11-8-23-17(30)13-28-20(31)14-6-2-3-7-15(14)21(28)32/h2-3,6-7,12H,4-5,8-11,13H2,1H3,(H,23,30). The van der Waals surface area contributed by atoms with Gasteiger partial charge >= 0.3 is 0 Å². The van der Waals surface area contributed by atoms with E-state index < -0.39 is 17.7 Å². The topological polar surface area (TPSA) is 113 Å². The van der Waals surface area contributed by atoms with Crippen LogP contribution in [0.1, 0.15) is 33.6 Å². The molecule has 10 nitrogen and oxygen atoms in total. The first kappa shape index (κ1) is 21.4. The first-order valence-corrected chi connectivity index (χ1v) is 12.0. The SMILES string of the molecule is CSc1nc(N2CCCC2)c2cnn(CCNC(=O)CN3C(=O)c4ccccc4C3=O)c2n1. The van der Waals surface area contributed by atoms with Crippen molar-refractivity contribution in [3.63, 3.8) is 0 Å². The molecule has 33 heavy (non-hydrogen) atoms. The van der Waals surface area contributed by atoms with Crippen molar-refractivity contribution in [2.75, 3.05) is 37.3 Å². The van der Waals surface area contributed by atoms with Gasteiger partial charge in [-0.05, 0) is 31.2 Å². The number of hydrogen-bond acceptors (Lipinski definition) is 8. The van der Waals surface area contributed by atoms with Crippen LogP contribution in [0.2, 0.25) is 0 Å². The molecule has 1 N–H and O–H groups in total. The Kier molecular flexibility index (Phi) is 5.71. The molecule has 2 aromatic heterocycles. The molecule has 0 aliphatic carbocycles. The third-order valence-corrected chi connectivity index (χ3v) is 6.42. The number of amides is 3. The van der Waals surface area contributed by atoms with E-state index in [1.165, 1.54) is 11.8 Å². The maximum absolute atomic E-state index is 12.4. The molecule has 3 aromatic rings. The Hall–Kier alpha value is -3.47. The largest absolute Gasteiger partial charge is 0.356 e. The zero-order valence-corrected chi connectivity index (χ0v) is 19.0. The lowest BCUT2D eigenvalue weighted by molar-refractivity contribution is -0.121. The zero-order chi connectivity index (χ0) is 22.9. The molecule has 1 fully saturated rings. The summed E-state index contributed by atoms with van der Waals surface area (Å²) < 4.78 is 1.75. The van der Waals surface area contributed by atoms with Crippen LogP contribution in [0.25, 0.3) is 11.0 Å². The highest BCUT2D eigenvalue weighted by Crippen LogP contribution is 2.28. The van der Waals surface area contributed by atoms with Crippen LogP contribution in [0.15, 0.2) is 35.6 Å². The van der Waals surface area contributed by atoms with Gasteiger partial charge in [0.25, 0.3) is 11.8 Å². The summed E-state index contributed by atoms with van der Waals surface area (Å²) in [7, 11) is 0. The van der Waals surface area contributed by atoms with Crippen LogP contribution >= 0.6 is 11.8 Å². The molecule has 11 heteroatoms. The van der Waals surface area contributed by atoms with Gasteiger partial charge in [0.15, 0.2) is 10.8 Å². The van der Waals surface area contributed by atoms with Crippen LogP contribution in [-0.4, -0.2) is 74.8 Å². The fourth-order valence-electron chi connectivity index (χ4n) is 4.23. The first-order chi connectivity index (χ1) is 16.1.